The second-order valence-corrected chi connectivity index (χ2v) is 6.74. The number of nitrogens with zero attached hydrogens (tertiary/aromatic N) is 2. The minimum absolute atomic E-state index is 0.969. The summed E-state index contributed by atoms with van der Waals surface area (Å²) in [6.07, 6.45) is 3.56. The zero-order valence-corrected chi connectivity index (χ0v) is 14.0. The van der Waals surface area contributed by atoms with Crippen molar-refractivity contribution in [3.8, 4) is 0 Å². The summed E-state index contributed by atoms with van der Waals surface area (Å²) < 4.78 is 0. The highest BCUT2D eigenvalue weighted by atomic mass is 14.8. The molecule has 26 heavy (non-hydrogen) atoms. The summed E-state index contributed by atoms with van der Waals surface area (Å²) in [7, 11) is 0. The van der Waals surface area contributed by atoms with E-state index in [4.69, 9.17) is 0 Å². The lowest BCUT2D eigenvalue weighted by Gasteiger charge is -2.11. The van der Waals surface area contributed by atoms with Gasteiger partial charge in [-0.1, -0.05) is 48.5 Å². The molecule has 1 aromatic heterocycles. The maximum absolute atomic E-state index is 4.68. The van der Waals surface area contributed by atoms with Gasteiger partial charge < -0.3 is 0 Å². The molecule has 0 bridgehead atoms. The van der Waals surface area contributed by atoms with Crippen molar-refractivity contribution in [1.29, 1.82) is 0 Å². The monoisotopic (exact) mass is 330 g/mol. The highest BCUT2D eigenvalue weighted by Gasteiger charge is 2.12. The minimum Gasteiger partial charge on any atom is -0.252 e. The molecule has 0 spiro atoms. The lowest BCUT2D eigenvalue weighted by molar-refractivity contribution is 1.31. The van der Waals surface area contributed by atoms with Crippen LogP contribution in [0.2, 0.25) is 0 Å². The van der Waals surface area contributed by atoms with Gasteiger partial charge in [-0.05, 0) is 56.6 Å². The topological polar surface area (TPSA) is 25.8 Å². The number of hydrogen-bond donors (Lipinski definition) is 0. The van der Waals surface area contributed by atoms with Gasteiger partial charge in [0.2, 0.25) is 0 Å². The van der Waals surface area contributed by atoms with E-state index in [1.165, 1.54) is 32.3 Å². The van der Waals surface area contributed by atoms with Crippen molar-refractivity contribution < 1.29 is 0 Å². The third-order valence-corrected chi connectivity index (χ3v) is 5.27. The number of fused-ring (bicyclic) bond motifs is 8. The third kappa shape index (κ3) is 1.81. The zero-order chi connectivity index (χ0) is 17.1. The summed E-state index contributed by atoms with van der Waals surface area (Å²) in [5, 5.41) is 9.74. The molecule has 0 amide bonds. The maximum atomic E-state index is 4.68. The van der Waals surface area contributed by atoms with Crippen molar-refractivity contribution in [2.75, 3.05) is 0 Å². The van der Waals surface area contributed by atoms with E-state index in [0.29, 0.717) is 0 Å². The molecule has 0 saturated heterocycles. The van der Waals surface area contributed by atoms with Crippen LogP contribution in [0.5, 0.6) is 0 Å². The predicted molar refractivity (Wildman–Crippen MR) is 110 cm³/mol. The lowest BCUT2D eigenvalue weighted by Crippen LogP contribution is -1.89. The number of hydrogen-bond acceptors (Lipinski definition) is 2. The standard InChI is InChI=1S/C24H14N2/c1-3-7-17-13-21-19(11-15(17)5-1)20-12-16-6-2-4-8-18(16)14-22(20)24-23(21)25-9-10-26-24/h1-14H. The first-order chi connectivity index (χ1) is 12.9. The summed E-state index contributed by atoms with van der Waals surface area (Å²) in [6.45, 7) is 0. The van der Waals surface area contributed by atoms with Crippen LogP contribution in [0.3, 0.4) is 0 Å². The van der Waals surface area contributed by atoms with Crippen molar-refractivity contribution in [3.63, 3.8) is 0 Å². The number of rotatable bonds is 0. The number of aromatic nitrogens is 2. The smallest absolute Gasteiger partial charge is 0.0971 e. The molecular weight excluding hydrogens is 316 g/mol. The van der Waals surface area contributed by atoms with Crippen molar-refractivity contribution in [2.24, 2.45) is 0 Å². The van der Waals surface area contributed by atoms with E-state index in [9.17, 15) is 0 Å². The SMILES string of the molecule is c1ccc2cc3c(cc2c1)c1cc2ccccc2cc1c1nccnc31. The van der Waals surface area contributed by atoms with Gasteiger partial charge in [0, 0.05) is 23.2 Å². The van der Waals surface area contributed by atoms with Gasteiger partial charge in [0.15, 0.2) is 0 Å². The van der Waals surface area contributed by atoms with Gasteiger partial charge in [0.1, 0.15) is 0 Å². The van der Waals surface area contributed by atoms with E-state index in [0.717, 1.165) is 21.8 Å². The Morgan fingerprint density at radius 3 is 1.15 bits per heavy atom. The molecule has 6 aromatic rings. The molecule has 1 heterocycles. The lowest BCUT2D eigenvalue weighted by atomic mass is 9.94. The van der Waals surface area contributed by atoms with Crippen LogP contribution in [0.25, 0.3) is 54.1 Å². The van der Waals surface area contributed by atoms with Crippen LogP contribution in [-0.4, -0.2) is 9.97 Å². The van der Waals surface area contributed by atoms with Crippen LogP contribution in [-0.2, 0) is 0 Å². The first kappa shape index (κ1) is 13.7. The van der Waals surface area contributed by atoms with Gasteiger partial charge in [0.05, 0.1) is 11.0 Å². The van der Waals surface area contributed by atoms with Crippen LogP contribution in [0.4, 0.5) is 0 Å². The third-order valence-electron chi connectivity index (χ3n) is 5.27. The molecule has 0 atom stereocenters. The van der Waals surface area contributed by atoms with Gasteiger partial charge in [0.25, 0.3) is 0 Å². The second kappa shape index (κ2) is 4.99. The van der Waals surface area contributed by atoms with E-state index < -0.39 is 0 Å². The fourth-order valence-corrected chi connectivity index (χ4v) is 4.05. The Hall–Kier alpha value is -3.52. The van der Waals surface area contributed by atoms with Crippen LogP contribution in [0.1, 0.15) is 0 Å². The van der Waals surface area contributed by atoms with Crippen LogP contribution >= 0.6 is 0 Å². The summed E-state index contributed by atoms with van der Waals surface area (Å²) in [5.41, 5.74) is 1.94. The first-order valence-corrected chi connectivity index (χ1v) is 8.76. The molecule has 0 aliphatic heterocycles. The summed E-state index contributed by atoms with van der Waals surface area (Å²) in [5.74, 6) is 0. The van der Waals surface area contributed by atoms with E-state index >= 15 is 0 Å². The van der Waals surface area contributed by atoms with Gasteiger partial charge in [-0.3, -0.25) is 9.97 Å². The molecule has 0 fully saturated rings. The maximum Gasteiger partial charge on any atom is 0.0971 e. The molecule has 0 unspecified atom stereocenters. The van der Waals surface area contributed by atoms with Crippen LogP contribution < -0.4 is 0 Å². The molecule has 6 rings (SSSR count). The van der Waals surface area contributed by atoms with Crippen LogP contribution in [0.15, 0.2) is 85.2 Å². The normalized spacial score (nSPS) is 11.8. The molecule has 0 N–H and O–H groups in total. The van der Waals surface area contributed by atoms with Crippen molar-refractivity contribution >= 4 is 54.1 Å². The molecule has 120 valence electrons. The van der Waals surface area contributed by atoms with Gasteiger partial charge in [-0.25, -0.2) is 0 Å². The molecule has 0 radical (unpaired) electrons. The molecule has 2 heteroatoms. The van der Waals surface area contributed by atoms with E-state index in [1.54, 1.807) is 12.4 Å². The number of benzene rings is 5. The first-order valence-electron chi connectivity index (χ1n) is 8.76. The van der Waals surface area contributed by atoms with Gasteiger partial charge in [-0.2, -0.15) is 0 Å². The minimum atomic E-state index is 0.969. The van der Waals surface area contributed by atoms with E-state index in [1.807, 2.05) is 0 Å². The van der Waals surface area contributed by atoms with E-state index in [2.05, 4.69) is 82.8 Å². The molecular formula is C24H14N2. The molecule has 0 aliphatic rings. The van der Waals surface area contributed by atoms with Crippen LogP contribution in [0, 0.1) is 0 Å². The fourth-order valence-electron chi connectivity index (χ4n) is 4.05. The Morgan fingerprint density at radius 2 is 0.769 bits per heavy atom. The predicted octanol–water partition coefficient (Wildman–Crippen LogP) is 6.24. The van der Waals surface area contributed by atoms with Crippen molar-refractivity contribution in [2.45, 2.75) is 0 Å². The van der Waals surface area contributed by atoms with Crippen molar-refractivity contribution in [3.05, 3.63) is 85.2 Å². The van der Waals surface area contributed by atoms with Gasteiger partial charge >= 0.3 is 0 Å². The molecule has 0 saturated carbocycles. The Bertz CT molecular complexity index is 1370. The Morgan fingerprint density at radius 1 is 0.423 bits per heavy atom. The quantitative estimate of drug-likeness (QED) is 0.243. The second-order valence-electron chi connectivity index (χ2n) is 6.74. The highest BCUT2D eigenvalue weighted by molar-refractivity contribution is 6.27. The highest BCUT2D eigenvalue weighted by Crippen LogP contribution is 2.37. The Kier molecular flexibility index (Phi) is 2.64. The largest absolute Gasteiger partial charge is 0.252 e. The molecule has 2 nitrogen and oxygen atoms in total. The zero-order valence-electron chi connectivity index (χ0n) is 14.0. The Labute approximate surface area is 149 Å². The molecule has 0 aliphatic carbocycles. The molecule has 5 aromatic carbocycles. The fraction of sp³-hybridized carbons (Fsp3) is 0. The summed E-state index contributed by atoms with van der Waals surface area (Å²) >= 11 is 0. The summed E-state index contributed by atoms with van der Waals surface area (Å²) in [6, 6.07) is 26.1. The Balaban J connectivity index is 1.97. The average Bonchev–Trinajstić information content (AvgIpc) is 2.71. The van der Waals surface area contributed by atoms with Gasteiger partial charge in [-0.15, -0.1) is 0 Å². The summed E-state index contributed by atoms with van der Waals surface area (Å²) in [4.78, 5) is 9.37. The average molecular weight is 330 g/mol. The van der Waals surface area contributed by atoms with Crippen molar-refractivity contribution in [1.82, 2.24) is 9.97 Å². The van der Waals surface area contributed by atoms with E-state index in [-0.39, 0.29) is 0 Å².